The molecule has 7 heteroatoms. The Hall–Kier alpha value is -1.28. The molecule has 4 saturated heterocycles. The van der Waals surface area contributed by atoms with Crippen LogP contribution < -0.4 is 10.6 Å². The minimum atomic E-state index is -0.0973. The first-order valence-corrected chi connectivity index (χ1v) is 12.2. The molecular weight excluding hydrogens is 382 g/mol. The minimum absolute atomic E-state index is 0.0973. The van der Waals surface area contributed by atoms with E-state index in [1.54, 1.807) is 11.8 Å². The van der Waals surface area contributed by atoms with Crippen LogP contribution >= 0.6 is 11.8 Å². The first kappa shape index (κ1) is 21.0. The maximum absolute atomic E-state index is 12.4. The number of carbonyl (C=O) groups excluding carboxylic acids is 1. The number of benzene rings is 1. The Morgan fingerprint density at radius 3 is 2.76 bits per heavy atom. The molecule has 1 unspecified atom stereocenters. The Morgan fingerprint density at radius 2 is 2.03 bits per heavy atom. The van der Waals surface area contributed by atoms with Gasteiger partial charge in [-0.15, -0.1) is 11.8 Å². The molecule has 2 amide bonds. The third-order valence-electron chi connectivity index (χ3n) is 6.93. The number of piperidine rings is 3. The molecule has 160 valence electrons. The SMILES string of the molecule is CSc1cccc(NC(=O)NC[C@H]2C[C@@H]3CCN2C[C@@H]3CN2CCN(C)CC2)c1. The number of piperazine rings is 1. The Labute approximate surface area is 179 Å². The standard InChI is InChI=1S/C22H35N5OS/c1-25-8-10-26(11-9-25)15-18-16-27-7-6-17(18)12-20(27)14-23-22(28)24-19-4-3-5-21(13-19)29-2/h3-5,13,17-18,20H,6-12,14-16H2,1-2H3,(H2,23,24,28)/t17-,18-,20+/m0/s1. The van der Waals surface area contributed by atoms with Gasteiger partial charge in [0, 0.05) is 62.4 Å². The molecule has 0 spiro atoms. The Kier molecular flexibility index (Phi) is 7.00. The molecule has 0 radical (unpaired) electrons. The molecule has 4 aliphatic heterocycles. The van der Waals surface area contributed by atoms with Gasteiger partial charge in [-0.25, -0.2) is 4.79 Å². The van der Waals surface area contributed by atoms with E-state index in [1.165, 1.54) is 58.7 Å². The highest BCUT2D eigenvalue weighted by molar-refractivity contribution is 7.98. The van der Waals surface area contributed by atoms with E-state index in [0.29, 0.717) is 6.04 Å². The predicted octanol–water partition coefficient (Wildman–Crippen LogP) is 2.49. The van der Waals surface area contributed by atoms with Crippen molar-refractivity contribution in [2.75, 3.05) is 71.0 Å². The van der Waals surface area contributed by atoms with Gasteiger partial charge in [0.05, 0.1) is 0 Å². The van der Waals surface area contributed by atoms with Crippen LogP contribution in [0.15, 0.2) is 29.2 Å². The lowest BCUT2D eigenvalue weighted by Gasteiger charge is -2.51. The van der Waals surface area contributed by atoms with Gasteiger partial charge < -0.3 is 20.4 Å². The number of rotatable bonds is 6. The van der Waals surface area contributed by atoms with Crippen LogP contribution in [0.3, 0.4) is 0 Å². The summed E-state index contributed by atoms with van der Waals surface area (Å²) in [5.74, 6) is 1.61. The zero-order valence-corrected chi connectivity index (χ0v) is 18.6. The summed E-state index contributed by atoms with van der Waals surface area (Å²) < 4.78 is 0. The quantitative estimate of drug-likeness (QED) is 0.697. The maximum Gasteiger partial charge on any atom is 0.319 e. The summed E-state index contributed by atoms with van der Waals surface area (Å²) in [5.41, 5.74) is 0.854. The third kappa shape index (κ3) is 5.45. The van der Waals surface area contributed by atoms with E-state index >= 15 is 0 Å². The summed E-state index contributed by atoms with van der Waals surface area (Å²) in [4.78, 5) is 21.2. The van der Waals surface area contributed by atoms with Crippen molar-refractivity contribution in [1.82, 2.24) is 20.0 Å². The second kappa shape index (κ2) is 9.69. The number of nitrogens with zero attached hydrogens (tertiary/aromatic N) is 3. The molecule has 6 nitrogen and oxygen atoms in total. The highest BCUT2D eigenvalue weighted by Crippen LogP contribution is 2.36. The fourth-order valence-electron chi connectivity index (χ4n) is 5.12. The van der Waals surface area contributed by atoms with Gasteiger partial charge in [0.2, 0.25) is 0 Å². The molecule has 1 aromatic carbocycles. The molecule has 5 rings (SSSR count). The molecule has 4 atom stereocenters. The van der Waals surface area contributed by atoms with E-state index in [0.717, 1.165) is 29.0 Å². The number of hydrogen-bond acceptors (Lipinski definition) is 5. The zero-order chi connectivity index (χ0) is 20.2. The molecule has 0 aliphatic carbocycles. The second-order valence-corrected chi connectivity index (χ2v) is 9.74. The molecule has 1 aromatic rings. The van der Waals surface area contributed by atoms with Gasteiger partial charge >= 0.3 is 6.03 Å². The van der Waals surface area contributed by atoms with Crippen LogP contribution in [0.4, 0.5) is 10.5 Å². The Morgan fingerprint density at radius 1 is 1.21 bits per heavy atom. The fourth-order valence-corrected chi connectivity index (χ4v) is 5.58. The molecule has 0 aromatic heterocycles. The average molecular weight is 418 g/mol. The van der Waals surface area contributed by atoms with Gasteiger partial charge in [-0.1, -0.05) is 6.07 Å². The zero-order valence-electron chi connectivity index (χ0n) is 17.8. The molecule has 4 heterocycles. The van der Waals surface area contributed by atoms with Gasteiger partial charge in [-0.05, 0) is 62.7 Å². The minimum Gasteiger partial charge on any atom is -0.336 e. The highest BCUT2D eigenvalue weighted by atomic mass is 32.2. The van der Waals surface area contributed by atoms with Gasteiger partial charge in [-0.3, -0.25) is 4.90 Å². The number of hydrogen-bond donors (Lipinski definition) is 2. The van der Waals surface area contributed by atoms with E-state index in [4.69, 9.17) is 0 Å². The molecule has 2 N–H and O–H groups in total. The van der Waals surface area contributed by atoms with Crippen molar-refractivity contribution in [2.24, 2.45) is 11.8 Å². The summed E-state index contributed by atoms with van der Waals surface area (Å²) in [6.45, 7) is 9.19. The van der Waals surface area contributed by atoms with Gasteiger partial charge in [0.1, 0.15) is 0 Å². The van der Waals surface area contributed by atoms with Crippen molar-refractivity contribution >= 4 is 23.5 Å². The van der Waals surface area contributed by atoms with Gasteiger partial charge in [-0.2, -0.15) is 0 Å². The van der Waals surface area contributed by atoms with Crippen LogP contribution in [0.1, 0.15) is 12.8 Å². The van der Waals surface area contributed by atoms with Crippen LogP contribution in [0.5, 0.6) is 0 Å². The number of fused-ring (bicyclic) bond motifs is 3. The number of likely N-dealkylation sites (N-methyl/N-ethyl adjacent to an activating group) is 1. The number of amides is 2. The van der Waals surface area contributed by atoms with E-state index < -0.39 is 0 Å². The van der Waals surface area contributed by atoms with E-state index in [9.17, 15) is 4.79 Å². The van der Waals surface area contributed by atoms with Crippen LogP contribution in [0.2, 0.25) is 0 Å². The number of thioether (sulfide) groups is 1. The topological polar surface area (TPSA) is 50.9 Å². The second-order valence-electron chi connectivity index (χ2n) is 8.86. The number of carbonyl (C=O) groups is 1. The number of nitrogens with one attached hydrogen (secondary N) is 2. The monoisotopic (exact) mass is 417 g/mol. The predicted molar refractivity (Wildman–Crippen MR) is 121 cm³/mol. The van der Waals surface area contributed by atoms with E-state index in [2.05, 4.69) is 38.4 Å². The lowest BCUT2D eigenvalue weighted by atomic mass is 9.75. The summed E-state index contributed by atoms with van der Waals surface area (Å²) in [7, 11) is 2.22. The highest BCUT2D eigenvalue weighted by Gasteiger charge is 2.40. The molecule has 4 fully saturated rings. The average Bonchev–Trinajstić information content (AvgIpc) is 2.75. The molecular formula is C22H35N5OS. The van der Waals surface area contributed by atoms with Crippen LogP contribution in [0.25, 0.3) is 0 Å². The number of urea groups is 1. The van der Waals surface area contributed by atoms with Crippen molar-refractivity contribution in [3.05, 3.63) is 24.3 Å². The smallest absolute Gasteiger partial charge is 0.319 e. The summed E-state index contributed by atoms with van der Waals surface area (Å²) in [5, 5.41) is 6.08. The lowest BCUT2D eigenvalue weighted by molar-refractivity contribution is -0.0155. The summed E-state index contributed by atoms with van der Waals surface area (Å²) in [6, 6.07) is 8.38. The van der Waals surface area contributed by atoms with E-state index in [1.807, 2.05) is 24.5 Å². The first-order valence-electron chi connectivity index (χ1n) is 10.9. The molecule has 2 bridgehead atoms. The van der Waals surface area contributed by atoms with Crippen LogP contribution in [-0.2, 0) is 0 Å². The van der Waals surface area contributed by atoms with Gasteiger partial charge in [0.25, 0.3) is 0 Å². The van der Waals surface area contributed by atoms with E-state index in [-0.39, 0.29) is 6.03 Å². The summed E-state index contributed by atoms with van der Waals surface area (Å²) in [6.07, 6.45) is 4.59. The van der Waals surface area contributed by atoms with Gasteiger partial charge in [0.15, 0.2) is 0 Å². The Balaban J connectivity index is 1.22. The van der Waals surface area contributed by atoms with Crippen molar-refractivity contribution in [3.8, 4) is 0 Å². The van der Waals surface area contributed by atoms with Crippen molar-refractivity contribution in [3.63, 3.8) is 0 Å². The third-order valence-corrected chi connectivity index (χ3v) is 7.65. The molecule has 0 saturated carbocycles. The van der Waals surface area contributed by atoms with Crippen LogP contribution in [0, 0.1) is 11.8 Å². The van der Waals surface area contributed by atoms with Crippen molar-refractivity contribution < 1.29 is 4.79 Å². The normalized spacial score (nSPS) is 30.3. The Bertz CT molecular complexity index is 694. The molecule has 29 heavy (non-hydrogen) atoms. The maximum atomic E-state index is 12.4. The molecule has 4 aliphatic rings. The number of anilines is 1. The van der Waals surface area contributed by atoms with Crippen molar-refractivity contribution in [2.45, 2.75) is 23.8 Å². The summed E-state index contributed by atoms with van der Waals surface area (Å²) >= 11 is 1.68. The van der Waals surface area contributed by atoms with Crippen LogP contribution in [-0.4, -0.2) is 92.4 Å². The fraction of sp³-hybridized carbons (Fsp3) is 0.682. The lowest BCUT2D eigenvalue weighted by Crippen LogP contribution is -2.59. The van der Waals surface area contributed by atoms with Crippen molar-refractivity contribution in [1.29, 1.82) is 0 Å². The first-order chi connectivity index (χ1) is 14.1. The largest absolute Gasteiger partial charge is 0.336 e.